The van der Waals surface area contributed by atoms with E-state index in [1.807, 2.05) is 4.90 Å². The Bertz CT molecular complexity index is 802. The van der Waals surface area contributed by atoms with E-state index in [2.05, 4.69) is 0 Å². The molecule has 1 fully saturated rings. The summed E-state index contributed by atoms with van der Waals surface area (Å²) in [6.45, 7) is 5.14. The number of hydrogen-bond donors (Lipinski definition) is 2. The molecule has 1 aliphatic heterocycles. The van der Waals surface area contributed by atoms with Crippen molar-refractivity contribution >= 4 is 21.7 Å². The fraction of sp³-hybridized carbons (Fsp3) is 0.600. The second-order valence-corrected chi connectivity index (χ2v) is 10.5. The molecule has 1 amide bonds. The molecular formula is C20H30N2O6S. The number of sulfone groups is 1. The minimum Gasteiger partial charge on any atom is -0.481 e. The molecule has 162 valence electrons. The molecule has 0 radical (unpaired) electrons. The molecule has 9 heteroatoms. The maximum Gasteiger partial charge on any atom is 0.307 e. The summed E-state index contributed by atoms with van der Waals surface area (Å²) >= 11 is 0. The Kier molecular flexibility index (Phi) is 7.79. The van der Waals surface area contributed by atoms with Gasteiger partial charge in [-0.05, 0) is 25.8 Å². The third-order valence-corrected chi connectivity index (χ3v) is 8.03. The minimum absolute atomic E-state index is 0.0335. The first-order valence-corrected chi connectivity index (χ1v) is 11.4. The average Bonchev–Trinajstić information content (AvgIpc) is 2.68. The predicted molar refractivity (Wildman–Crippen MR) is 109 cm³/mol. The SMILES string of the molecule is CC(C)(C(=O)N1CCN(CCO)CC1)S(=O)(=O)CC(Cc1ccccc1)C(=O)O. The highest BCUT2D eigenvalue weighted by atomic mass is 32.2. The smallest absolute Gasteiger partial charge is 0.307 e. The number of aliphatic hydroxyl groups is 1. The summed E-state index contributed by atoms with van der Waals surface area (Å²) in [6, 6.07) is 8.85. The van der Waals surface area contributed by atoms with Gasteiger partial charge in [0.25, 0.3) is 0 Å². The van der Waals surface area contributed by atoms with E-state index < -0.39 is 38.1 Å². The van der Waals surface area contributed by atoms with E-state index in [-0.39, 0.29) is 13.0 Å². The Morgan fingerprint density at radius 2 is 1.69 bits per heavy atom. The third-order valence-electron chi connectivity index (χ3n) is 5.46. The van der Waals surface area contributed by atoms with Crippen LogP contribution in [0.5, 0.6) is 0 Å². The maximum atomic E-state index is 13.1. The highest BCUT2D eigenvalue weighted by Crippen LogP contribution is 2.25. The summed E-state index contributed by atoms with van der Waals surface area (Å²) in [5.74, 6) is -3.43. The Hall–Kier alpha value is -1.97. The number of carbonyl (C=O) groups is 2. The molecule has 8 nitrogen and oxygen atoms in total. The van der Waals surface area contributed by atoms with Crippen LogP contribution in [0.1, 0.15) is 19.4 Å². The van der Waals surface area contributed by atoms with Gasteiger partial charge in [-0.1, -0.05) is 30.3 Å². The molecule has 0 bridgehead atoms. The largest absolute Gasteiger partial charge is 0.481 e. The molecule has 1 atom stereocenters. The fourth-order valence-electron chi connectivity index (χ4n) is 3.42. The molecule has 29 heavy (non-hydrogen) atoms. The molecule has 1 aromatic carbocycles. The van der Waals surface area contributed by atoms with Crippen molar-refractivity contribution in [3.05, 3.63) is 35.9 Å². The number of hydrogen-bond acceptors (Lipinski definition) is 6. The lowest BCUT2D eigenvalue weighted by atomic mass is 10.0. The number of benzene rings is 1. The van der Waals surface area contributed by atoms with Crippen molar-refractivity contribution in [3.63, 3.8) is 0 Å². The Morgan fingerprint density at radius 3 is 2.21 bits per heavy atom. The molecule has 0 aliphatic carbocycles. The Labute approximate surface area is 172 Å². The number of aliphatic hydroxyl groups excluding tert-OH is 1. The van der Waals surface area contributed by atoms with Gasteiger partial charge in [0.1, 0.15) is 4.75 Å². The standard InChI is InChI=1S/C20H30N2O6S/c1-20(2,19(26)22-10-8-21(9-11-22)12-13-23)29(27,28)15-17(18(24)25)14-16-6-4-3-5-7-16/h3-7,17,23H,8-15H2,1-2H3,(H,24,25). The van der Waals surface area contributed by atoms with Crippen LogP contribution in [0.15, 0.2) is 30.3 Å². The van der Waals surface area contributed by atoms with Gasteiger partial charge in [0.2, 0.25) is 5.91 Å². The maximum absolute atomic E-state index is 13.1. The molecule has 1 aliphatic rings. The van der Waals surface area contributed by atoms with E-state index >= 15 is 0 Å². The van der Waals surface area contributed by atoms with Gasteiger partial charge in [-0.3, -0.25) is 14.5 Å². The number of piperazine rings is 1. The van der Waals surface area contributed by atoms with Crippen molar-refractivity contribution in [1.82, 2.24) is 9.80 Å². The molecule has 1 unspecified atom stereocenters. The number of amides is 1. The van der Waals surface area contributed by atoms with Crippen molar-refractivity contribution in [3.8, 4) is 0 Å². The fourth-order valence-corrected chi connectivity index (χ4v) is 5.02. The minimum atomic E-state index is -4.02. The molecule has 2 N–H and O–H groups in total. The van der Waals surface area contributed by atoms with Gasteiger partial charge in [0, 0.05) is 32.7 Å². The lowest BCUT2D eigenvalue weighted by Crippen LogP contribution is -2.57. The van der Waals surface area contributed by atoms with Crippen molar-refractivity contribution in [2.75, 3.05) is 45.1 Å². The Morgan fingerprint density at radius 1 is 1.10 bits per heavy atom. The first kappa shape index (κ1) is 23.3. The van der Waals surface area contributed by atoms with Crippen LogP contribution in [0.4, 0.5) is 0 Å². The monoisotopic (exact) mass is 426 g/mol. The number of carboxylic acid groups (broad SMARTS) is 1. The predicted octanol–water partition coefficient (Wildman–Crippen LogP) is 0.260. The Balaban J connectivity index is 2.10. The highest BCUT2D eigenvalue weighted by Gasteiger charge is 2.46. The number of rotatable bonds is 9. The van der Waals surface area contributed by atoms with Crippen LogP contribution in [0, 0.1) is 5.92 Å². The average molecular weight is 427 g/mol. The van der Waals surface area contributed by atoms with Crippen molar-refractivity contribution in [2.45, 2.75) is 25.0 Å². The topological polar surface area (TPSA) is 115 Å². The van der Waals surface area contributed by atoms with Crippen LogP contribution in [-0.4, -0.2) is 90.1 Å². The van der Waals surface area contributed by atoms with Crippen LogP contribution >= 0.6 is 0 Å². The van der Waals surface area contributed by atoms with Crippen LogP contribution < -0.4 is 0 Å². The van der Waals surface area contributed by atoms with Gasteiger partial charge in [-0.25, -0.2) is 8.42 Å². The van der Waals surface area contributed by atoms with E-state index in [4.69, 9.17) is 5.11 Å². The zero-order chi connectivity index (χ0) is 21.7. The lowest BCUT2D eigenvalue weighted by Gasteiger charge is -2.38. The summed E-state index contributed by atoms with van der Waals surface area (Å²) in [5.41, 5.74) is 0.735. The van der Waals surface area contributed by atoms with Crippen LogP contribution in [0.2, 0.25) is 0 Å². The quantitative estimate of drug-likeness (QED) is 0.582. The number of β-amino-alcohol motifs (C(OH)–C–C–N with tert-alkyl or cyclic N) is 1. The summed E-state index contributed by atoms with van der Waals surface area (Å²) in [4.78, 5) is 28.2. The summed E-state index contributed by atoms with van der Waals surface area (Å²) in [5, 5.41) is 18.6. The molecule has 1 heterocycles. The van der Waals surface area contributed by atoms with Crippen LogP contribution in [-0.2, 0) is 25.8 Å². The first-order valence-electron chi connectivity index (χ1n) is 9.70. The van der Waals surface area contributed by atoms with Gasteiger partial charge >= 0.3 is 5.97 Å². The molecule has 2 rings (SSSR count). The number of carboxylic acids is 1. The zero-order valence-electron chi connectivity index (χ0n) is 17.0. The van der Waals surface area contributed by atoms with E-state index in [0.29, 0.717) is 32.7 Å². The molecule has 0 spiro atoms. The number of carbonyl (C=O) groups excluding carboxylic acids is 1. The molecule has 1 saturated heterocycles. The summed E-state index contributed by atoms with van der Waals surface area (Å²) in [7, 11) is -4.02. The summed E-state index contributed by atoms with van der Waals surface area (Å²) < 4.78 is 24.4. The van der Waals surface area contributed by atoms with E-state index in [9.17, 15) is 23.1 Å². The van der Waals surface area contributed by atoms with E-state index in [1.165, 1.54) is 18.7 Å². The number of nitrogens with zero attached hydrogens (tertiary/aromatic N) is 2. The van der Waals surface area contributed by atoms with Gasteiger partial charge in [-0.15, -0.1) is 0 Å². The van der Waals surface area contributed by atoms with E-state index in [1.54, 1.807) is 30.3 Å². The normalized spacial score (nSPS) is 17.1. The van der Waals surface area contributed by atoms with Gasteiger partial charge in [0.05, 0.1) is 18.3 Å². The van der Waals surface area contributed by atoms with Crippen molar-refractivity contribution < 1.29 is 28.2 Å². The van der Waals surface area contributed by atoms with Crippen LogP contribution in [0.25, 0.3) is 0 Å². The summed E-state index contributed by atoms with van der Waals surface area (Å²) in [6.07, 6.45) is 0.0828. The lowest BCUT2D eigenvalue weighted by molar-refractivity contribution is -0.141. The van der Waals surface area contributed by atoms with Crippen LogP contribution in [0.3, 0.4) is 0 Å². The number of aliphatic carboxylic acids is 1. The molecule has 1 aromatic rings. The zero-order valence-corrected chi connectivity index (χ0v) is 17.8. The molecule has 0 aromatic heterocycles. The molecular weight excluding hydrogens is 396 g/mol. The molecule has 0 saturated carbocycles. The highest BCUT2D eigenvalue weighted by molar-refractivity contribution is 7.93. The van der Waals surface area contributed by atoms with Gasteiger partial charge < -0.3 is 15.1 Å². The second-order valence-electron chi connectivity index (χ2n) is 7.87. The van der Waals surface area contributed by atoms with Gasteiger partial charge in [-0.2, -0.15) is 0 Å². The third kappa shape index (κ3) is 5.77. The van der Waals surface area contributed by atoms with Crippen molar-refractivity contribution in [2.24, 2.45) is 5.92 Å². The second kappa shape index (κ2) is 9.69. The van der Waals surface area contributed by atoms with Gasteiger partial charge in [0.15, 0.2) is 9.84 Å². The van der Waals surface area contributed by atoms with Crippen molar-refractivity contribution in [1.29, 1.82) is 0 Å². The van der Waals surface area contributed by atoms with E-state index in [0.717, 1.165) is 5.56 Å². The first-order chi connectivity index (χ1) is 13.6.